The summed E-state index contributed by atoms with van der Waals surface area (Å²) >= 11 is 0. The molecule has 0 aromatic heterocycles. The third-order valence-corrected chi connectivity index (χ3v) is 2.53. The molecular formula is C13H8FNO3. The quantitative estimate of drug-likeness (QED) is 0.474. The number of nitro benzene ring substituents is 1. The summed E-state index contributed by atoms with van der Waals surface area (Å²) in [6.45, 7) is 0. The molecule has 90 valence electrons. The lowest BCUT2D eigenvalue weighted by molar-refractivity contribution is -0.384. The van der Waals surface area contributed by atoms with Crippen LogP contribution in [0, 0.1) is 15.9 Å². The minimum absolute atomic E-state index is 0.150. The zero-order chi connectivity index (χ0) is 13.1. The van der Waals surface area contributed by atoms with E-state index >= 15 is 0 Å². The molecule has 0 radical (unpaired) electrons. The predicted octanol–water partition coefficient (Wildman–Crippen LogP) is 3.21. The van der Waals surface area contributed by atoms with Gasteiger partial charge >= 0.3 is 0 Å². The standard InChI is InChI=1S/C13H8FNO3/c14-11-3-1-9(2-4-11)13-6-5-12(15(17)18)7-10(13)8-16/h1-8H. The fourth-order valence-electron chi connectivity index (χ4n) is 1.65. The fourth-order valence-corrected chi connectivity index (χ4v) is 1.65. The van der Waals surface area contributed by atoms with Crippen LogP contribution < -0.4 is 0 Å². The number of hydrogen-bond donors (Lipinski definition) is 0. The highest BCUT2D eigenvalue weighted by atomic mass is 19.1. The van der Waals surface area contributed by atoms with Crippen molar-refractivity contribution in [3.63, 3.8) is 0 Å². The second kappa shape index (κ2) is 4.75. The van der Waals surface area contributed by atoms with Gasteiger partial charge in [-0.1, -0.05) is 12.1 Å². The van der Waals surface area contributed by atoms with Gasteiger partial charge in [0.25, 0.3) is 5.69 Å². The van der Waals surface area contributed by atoms with E-state index in [4.69, 9.17) is 0 Å². The van der Waals surface area contributed by atoms with Gasteiger partial charge in [0, 0.05) is 17.7 Å². The molecule has 2 aromatic rings. The first kappa shape index (κ1) is 11.9. The Kier molecular flexibility index (Phi) is 3.14. The summed E-state index contributed by atoms with van der Waals surface area (Å²) in [5, 5.41) is 10.6. The third-order valence-electron chi connectivity index (χ3n) is 2.53. The molecule has 0 saturated carbocycles. The van der Waals surface area contributed by atoms with Crippen molar-refractivity contribution in [2.75, 3.05) is 0 Å². The monoisotopic (exact) mass is 245 g/mol. The van der Waals surface area contributed by atoms with Crippen molar-refractivity contribution < 1.29 is 14.1 Å². The van der Waals surface area contributed by atoms with Crippen LogP contribution in [-0.2, 0) is 0 Å². The maximum absolute atomic E-state index is 12.8. The Morgan fingerprint density at radius 2 is 1.78 bits per heavy atom. The van der Waals surface area contributed by atoms with Gasteiger partial charge < -0.3 is 0 Å². The summed E-state index contributed by atoms with van der Waals surface area (Å²) in [7, 11) is 0. The highest BCUT2D eigenvalue weighted by molar-refractivity contribution is 5.88. The van der Waals surface area contributed by atoms with E-state index in [2.05, 4.69) is 0 Å². The number of aldehydes is 1. The Balaban J connectivity index is 2.54. The Hall–Kier alpha value is -2.56. The average molecular weight is 245 g/mol. The lowest BCUT2D eigenvalue weighted by Crippen LogP contribution is -1.93. The lowest BCUT2D eigenvalue weighted by Gasteiger charge is -2.04. The SMILES string of the molecule is O=Cc1cc([N+](=O)[O-])ccc1-c1ccc(F)cc1. The number of non-ortho nitro benzene ring substituents is 1. The minimum atomic E-state index is -0.568. The number of nitrogens with zero attached hydrogens (tertiary/aromatic N) is 1. The van der Waals surface area contributed by atoms with Gasteiger partial charge in [0.2, 0.25) is 0 Å². The van der Waals surface area contributed by atoms with Crippen molar-refractivity contribution in [2.24, 2.45) is 0 Å². The van der Waals surface area contributed by atoms with Crippen LogP contribution in [0.2, 0.25) is 0 Å². The van der Waals surface area contributed by atoms with Gasteiger partial charge in [-0.25, -0.2) is 4.39 Å². The minimum Gasteiger partial charge on any atom is -0.298 e. The van der Waals surface area contributed by atoms with E-state index in [1.807, 2.05) is 0 Å². The molecule has 0 spiro atoms. The smallest absolute Gasteiger partial charge is 0.270 e. The Labute approximate surface area is 102 Å². The van der Waals surface area contributed by atoms with E-state index in [0.717, 1.165) is 0 Å². The molecule has 5 heteroatoms. The molecule has 0 heterocycles. The van der Waals surface area contributed by atoms with E-state index in [-0.39, 0.29) is 17.1 Å². The van der Waals surface area contributed by atoms with Gasteiger partial charge in [-0.15, -0.1) is 0 Å². The molecule has 0 atom stereocenters. The zero-order valence-electron chi connectivity index (χ0n) is 9.17. The van der Waals surface area contributed by atoms with Crippen LogP contribution in [0.15, 0.2) is 42.5 Å². The fraction of sp³-hybridized carbons (Fsp3) is 0. The molecule has 4 nitrogen and oxygen atoms in total. The van der Waals surface area contributed by atoms with Crippen LogP contribution in [0.5, 0.6) is 0 Å². The van der Waals surface area contributed by atoms with E-state index in [1.165, 1.54) is 42.5 Å². The molecular weight excluding hydrogens is 237 g/mol. The molecule has 2 rings (SSSR count). The van der Waals surface area contributed by atoms with Gasteiger partial charge in [-0.05, 0) is 29.3 Å². The predicted molar refractivity (Wildman–Crippen MR) is 63.9 cm³/mol. The number of nitro groups is 1. The molecule has 0 amide bonds. The first-order chi connectivity index (χ1) is 8.61. The van der Waals surface area contributed by atoms with E-state index in [0.29, 0.717) is 17.4 Å². The summed E-state index contributed by atoms with van der Waals surface area (Å²) in [6.07, 6.45) is 0.547. The molecule has 18 heavy (non-hydrogen) atoms. The summed E-state index contributed by atoms with van der Waals surface area (Å²) in [6, 6.07) is 9.57. The molecule has 0 N–H and O–H groups in total. The molecule has 0 aliphatic carbocycles. The Morgan fingerprint density at radius 1 is 1.11 bits per heavy atom. The number of carbonyl (C=O) groups excluding carboxylic acids is 1. The van der Waals surface area contributed by atoms with Crippen molar-refractivity contribution in [1.82, 2.24) is 0 Å². The molecule has 0 saturated heterocycles. The highest BCUT2D eigenvalue weighted by Gasteiger charge is 2.11. The van der Waals surface area contributed by atoms with Gasteiger partial charge in [0.05, 0.1) is 4.92 Å². The maximum Gasteiger partial charge on any atom is 0.270 e. The number of halogens is 1. The number of rotatable bonds is 3. The lowest BCUT2D eigenvalue weighted by atomic mass is 10.00. The summed E-state index contributed by atoms with van der Waals surface area (Å²) in [5.74, 6) is -0.381. The number of hydrogen-bond acceptors (Lipinski definition) is 3. The van der Waals surface area contributed by atoms with Crippen LogP contribution >= 0.6 is 0 Å². The van der Waals surface area contributed by atoms with Crippen LogP contribution in [-0.4, -0.2) is 11.2 Å². The van der Waals surface area contributed by atoms with Crippen molar-refractivity contribution >= 4 is 12.0 Å². The van der Waals surface area contributed by atoms with E-state index < -0.39 is 4.92 Å². The first-order valence-corrected chi connectivity index (χ1v) is 5.11. The molecule has 0 aliphatic heterocycles. The summed E-state index contributed by atoms with van der Waals surface area (Å²) in [4.78, 5) is 21.0. The molecule has 0 unspecified atom stereocenters. The van der Waals surface area contributed by atoms with Crippen molar-refractivity contribution in [3.8, 4) is 11.1 Å². The molecule has 0 aliphatic rings. The molecule has 2 aromatic carbocycles. The Bertz CT molecular complexity index is 608. The van der Waals surface area contributed by atoms with Crippen LogP contribution in [0.3, 0.4) is 0 Å². The second-order valence-electron chi connectivity index (χ2n) is 3.65. The van der Waals surface area contributed by atoms with Gasteiger partial charge in [0.15, 0.2) is 6.29 Å². The van der Waals surface area contributed by atoms with E-state index in [9.17, 15) is 19.3 Å². The largest absolute Gasteiger partial charge is 0.298 e. The van der Waals surface area contributed by atoms with Crippen LogP contribution in [0.25, 0.3) is 11.1 Å². The first-order valence-electron chi connectivity index (χ1n) is 5.11. The van der Waals surface area contributed by atoms with Crippen molar-refractivity contribution in [2.45, 2.75) is 0 Å². The normalized spacial score (nSPS) is 10.1. The van der Waals surface area contributed by atoms with E-state index in [1.54, 1.807) is 0 Å². The summed E-state index contributed by atoms with van der Waals surface area (Å²) < 4.78 is 12.8. The second-order valence-corrected chi connectivity index (χ2v) is 3.65. The molecule has 0 fully saturated rings. The molecule has 0 bridgehead atoms. The van der Waals surface area contributed by atoms with Crippen LogP contribution in [0.4, 0.5) is 10.1 Å². The third kappa shape index (κ3) is 2.24. The zero-order valence-corrected chi connectivity index (χ0v) is 9.17. The number of carbonyl (C=O) groups is 1. The Morgan fingerprint density at radius 3 is 2.33 bits per heavy atom. The van der Waals surface area contributed by atoms with Gasteiger partial charge in [0.1, 0.15) is 5.82 Å². The average Bonchev–Trinajstić information content (AvgIpc) is 2.39. The van der Waals surface area contributed by atoms with Crippen molar-refractivity contribution in [3.05, 3.63) is 64.0 Å². The van der Waals surface area contributed by atoms with Gasteiger partial charge in [-0.3, -0.25) is 14.9 Å². The number of benzene rings is 2. The summed E-state index contributed by atoms with van der Waals surface area (Å²) in [5.41, 5.74) is 1.22. The van der Waals surface area contributed by atoms with Crippen LogP contribution in [0.1, 0.15) is 10.4 Å². The highest BCUT2D eigenvalue weighted by Crippen LogP contribution is 2.26. The van der Waals surface area contributed by atoms with Gasteiger partial charge in [-0.2, -0.15) is 0 Å². The topological polar surface area (TPSA) is 60.2 Å². The van der Waals surface area contributed by atoms with Crippen molar-refractivity contribution in [1.29, 1.82) is 0 Å². The maximum atomic E-state index is 12.8.